The Kier molecular flexibility index (Phi) is 3.66. The Labute approximate surface area is 77.3 Å². The van der Waals surface area contributed by atoms with Gasteiger partial charge in [0, 0.05) is 18.5 Å². The summed E-state index contributed by atoms with van der Waals surface area (Å²) in [5, 5.41) is 8.82. The second-order valence-electron chi connectivity index (χ2n) is 3.10. The molecule has 0 spiro atoms. The molecule has 0 aromatic rings. The van der Waals surface area contributed by atoms with Crippen LogP contribution in [0.3, 0.4) is 0 Å². The standard InChI is InChI=1S/C8H14ClNO2/c9-5-4-7-3-1-2-6-10(7)8(11)12/h7H,1-6H2,(H,11,12)/t7-/m0/s1. The number of nitrogens with zero attached hydrogens (tertiary/aromatic N) is 1. The Balaban J connectivity index is 2.48. The van der Waals surface area contributed by atoms with Crippen molar-refractivity contribution in [3.63, 3.8) is 0 Å². The molecule has 1 aliphatic heterocycles. The van der Waals surface area contributed by atoms with Gasteiger partial charge in [-0.2, -0.15) is 0 Å². The summed E-state index contributed by atoms with van der Waals surface area (Å²) < 4.78 is 0. The van der Waals surface area contributed by atoms with Crippen molar-refractivity contribution in [1.82, 2.24) is 4.90 Å². The van der Waals surface area contributed by atoms with Gasteiger partial charge in [-0.15, -0.1) is 11.6 Å². The van der Waals surface area contributed by atoms with Gasteiger partial charge in [-0.25, -0.2) is 4.79 Å². The number of amides is 1. The highest BCUT2D eigenvalue weighted by Crippen LogP contribution is 2.19. The van der Waals surface area contributed by atoms with Crippen molar-refractivity contribution in [3.8, 4) is 0 Å². The normalized spacial score (nSPS) is 24.1. The van der Waals surface area contributed by atoms with Crippen molar-refractivity contribution < 1.29 is 9.90 Å². The third-order valence-electron chi connectivity index (χ3n) is 2.32. The number of likely N-dealkylation sites (tertiary alicyclic amines) is 1. The molecule has 1 aliphatic rings. The molecule has 0 aromatic carbocycles. The van der Waals surface area contributed by atoms with Gasteiger partial charge in [0.25, 0.3) is 0 Å². The lowest BCUT2D eigenvalue weighted by Gasteiger charge is -2.33. The lowest BCUT2D eigenvalue weighted by Crippen LogP contribution is -2.43. The number of carbonyl (C=O) groups is 1. The average Bonchev–Trinajstić information content (AvgIpc) is 2.05. The Morgan fingerprint density at radius 1 is 1.58 bits per heavy atom. The minimum Gasteiger partial charge on any atom is -0.465 e. The molecule has 1 rings (SSSR count). The molecule has 1 N–H and O–H groups in total. The van der Waals surface area contributed by atoms with Crippen LogP contribution >= 0.6 is 11.6 Å². The molecule has 1 heterocycles. The van der Waals surface area contributed by atoms with Crippen LogP contribution in [-0.2, 0) is 0 Å². The van der Waals surface area contributed by atoms with Crippen molar-refractivity contribution in [2.24, 2.45) is 0 Å². The zero-order chi connectivity index (χ0) is 8.97. The van der Waals surface area contributed by atoms with E-state index in [1.807, 2.05) is 0 Å². The molecule has 12 heavy (non-hydrogen) atoms. The minimum absolute atomic E-state index is 0.161. The SMILES string of the molecule is O=C(O)N1CCCC[C@H]1CCCl. The molecule has 1 saturated heterocycles. The Morgan fingerprint density at radius 3 is 2.92 bits per heavy atom. The Bertz CT molecular complexity index is 161. The molecule has 0 aromatic heterocycles. The van der Waals surface area contributed by atoms with Crippen LogP contribution in [0, 0.1) is 0 Å². The number of carboxylic acid groups (broad SMARTS) is 1. The molecule has 0 saturated carbocycles. The van der Waals surface area contributed by atoms with Gasteiger partial charge in [0.15, 0.2) is 0 Å². The van der Waals surface area contributed by atoms with Crippen LogP contribution in [0.4, 0.5) is 4.79 Å². The van der Waals surface area contributed by atoms with E-state index in [1.165, 1.54) is 4.90 Å². The number of halogens is 1. The van der Waals surface area contributed by atoms with Crippen molar-refractivity contribution in [2.75, 3.05) is 12.4 Å². The summed E-state index contributed by atoms with van der Waals surface area (Å²) in [6, 6.07) is 0.161. The fourth-order valence-corrected chi connectivity index (χ4v) is 1.93. The lowest BCUT2D eigenvalue weighted by atomic mass is 10.0. The molecular weight excluding hydrogens is 178 g/mol. The number of alkyl halides is 1. The van der Waals surface area contributed by atoms with Gasteiger partial charge in [0.2, 0.25) is 0 Å². The predicted octanol–water partition coefficient (Wildman–Crippen LogP) is 2.15. The summed E-state index contributed by atoms with van der Waals surface area (Å²) >= 11 is 5.59. The maximum atomic E-state index is 10.7. The van der Waals surface area contributed by atoms with Gasteiger partial charge in [-0.1, -0.05) is 0 Å². The Morgan fingerprint density at radius 2 is 2.33 bits per heavy atom. The first-order valence-electron chi connectivity index (χ1n) is 4.31. The summed E-state index contributed by atoms with van der Waals surface area (Å²) in [5.74, 6) is 0.550. The highest BCUT2D eigenvalue weighted by Gasteiger charge is 2.25. The third-order valence-corrected chi connectivity index (χ3v) is 2.53. The van der Waals surface area contributed by atoms with E-state index in [1.54, 1.807) is 0 Å². The van der Waals surface area contributed by atoms with Crippen LogP contribution in [-0.4, -0.2) is 34.6 Å². The van der Waals surface area contributed by atoms with Gasteiger partial charge >= 0.3 is 6.09 Å². The molecular formula is C8H14ClNO2. The van der Waals surface area contributed by atoms with E-state index in [0.29, 0.717) is 12.4 Å². The van der Waals surface area contributed by atoms with Gasteiger partial charge in [0.1, 0.15) is 0 Å². The van der Waals surface area contributed by atoms with Crippen molar-refractivity contribution in [2.45, 2.75) is 31.7 Å². The van der Waals surface area contributed by atoms with Gasteiger partial charge in [-0.05, 0) is 25.7 Å². The molecule has 3 nitrogen and oxygen atoms in total. The summed E-state index contributed by atoms with van der Waals surface area (Å²) in [5.41, 5.74) is 0. The van der Waals surface area contributed by atoms with Crippen molar-refractivity contribution in [3.05, 3.63) is 0 Å². The quantitative estimate of drug-likeness (QED) is 0.680. The zero-order valence-corrected chi connectivity index (χ0v) is 7.76. The minimum atomic E-state index is -0.801. The molecule has 0 radical (unpaired) electrons. The number of piperidine rings is 1. The molecule has 0 unspecified atom stereocenters. The number of hydrogen-bond donors (Lipinski definition) is 1. The van der Waals surface area contributed by atoms with E-state index in [2.05, 4.69) is 0 Å². The molecule has 70 valence electrons. The second kappa shape index (κ2) is 4.55. The molecule has 1 amide bonds. The van der Waals surface area contributed by atoms with E-state index in [0.717, 1.165) is 25.7 Å². The second-order valence-corrected chi connectivity index (χ2v) is 3.48. The monoisotopic (exact) mass is 191 g/mol. The van der Waals surface area contributed by atoms with E-state index in [9.17, 15) is 4.79 Å². The fourth-order valence-electron chi connectivity index (χ4n) is 1.68. The van der Waals surface area contributed by atoms with Crippen molar-refractivity contribution >= 4 is 17.7 Å². The summed E-state index contributed by atoms with van der Waals surface area (Å²) in [7, 11) is 0. The molecule has 0 bridgehead atoms. The Hall–Kier alpha value is -0.440. The summed E-state index contributed by atoms with van der Waals surface area (Å²) in [4.78, 5) is 12.2. The molecule has 1 atom stereocenters. The summed E-state index contributed by atoms with van der Waals surface area (Å²) in [6.07, 6.45) is 3.08. The molecule has 0 aliphatic carbocycles. The topological polar surface area (TPSA) is 40.5 Å². The first kappa shape index (κ1) is 9.65. The first-order valence-corrected chi connectivity index (χ1v) is 4.84. The predicted molar refractivity (Wildman–Crippen MR) is 47.7 cm³/mol. The van der Waals surface area contributed by atoms with Crippen molar-refractivity contribution in [1.29, 1.82) is 0 Å². The first-order chi connectivity index (χ1) is 5.75. The lowest BCUT2D eigenvalue weighted by molar-refractivity contribution is 0.105. The zero-order valence-electron chi connectivity index (χ0n) is 7.00. The van der Waals surface area contributed by atoms with Crippen LogP contribution in [0.5, 0.6) is 0 Å². The van der Waals surface area contributed by atoms with Gasteiger partial charge < -0.3 is 10.0 Å². The van der Waals surface area contributed by atoms with E-state index in [-0.39, 0.29) is 6.04 Å². The van der Waals surface area contributed by atoms with Gasteiger partial charge in [0.05, 0.1) is 0 Å². The van der Waals surface area contributed by atoms with Crippen LogP contribution in [0.25, 0.3) is 0 Å². The smallest absolute Gasteiger partial charge is 0.407 e. The number of rotatable bonds is 2. The average molecular weight is 192 g/mol. The highest BCUT2D eigenvalue weighted by atomic mass is 35.5. The van der Waals surface area contributed by atoms with Crippen LogP contribution in [0.15, 0.2) is 0 Å². The molecule has 1 fully saturated rings. The summed E-state index contributed by atoms with van der Waals surface area (Å²) in [6.45, 7) is 0.677. The number of hydrogen-bond acceptors (Lipinski definition) is 1. The van der Waals surface area contributed by atoms with E-state index >= 15 is 0 Å². The maximum Gasteiger partial charge on any atom is 0.407 e. The highest BCUT2D eigenvalue weighted by molar-refractivity contribution is 6.17. The third kappa shape index (κ3) is 2.27. The van der Waals surface area contributed by atoms with E-state index < -0.39 is 6.09 Å². The maximum absolute atomic E-state index is 10.7. The fraction of sp³-hybridized carbons (Fsp3) is 0.875. The van der Waals surface area contributed by atoms with E-state index in [4.69, 9.17) is 16.7 Å². The van der Waals surface area contributed by atoms with Gasteiger partial charge in [-0.3, -0.25) is 0 Å². The van der Waals surface area contributed by atoms with Crippen LogP contribution in [0.1, 0.15) is 25.7 Å². The van der Waals surface area contributed by atoms with Crippen LogP contribution in [0.2, 0.25) is 0 Å². The molecule has 4 heteroatoms. The van der Waals surface area contributed by atoms with Crippen LogP contribution < -0.4 is 0 Å². The largest absolute Gasteiger partial charge is 0.465 e.